The number of carbonyl (C=O) groups excluding carboxylic acids is 1. The Labute approximate surface area is 99.3 Å². The maximum absolute atomic E-state index is 11.4. The summed E-state index contributed by atoms with van der Waals surface area (Å²) in [6.45, 7) is 9.87. The summed E-state index contributed by atoms with van der Waals surface area (Å²) in [7, 11) is 4.07. The van der Waals surface area contributed by atoms with Crippen molar-refractivity contribution in [2.45, 2.75) is 33.8 Å². The summed E-state index contributed by atoms with van der Waals surface area (Å²) in [4.78, 5) is 13.6. The van der Waals surface area contributed by atoms with E-state index in [0.29, 0.717) is 6.54 Å². The zero-order valence-corrected chi connectivity index (χ0v) is 11.5. The lowest BCUT2D eigenvalue weighted by molar-refractivity contribution is -0.127. The number of hydrogen-bond acceptors (Lipinski definition) is 3. The van der Waals surface area contributed by atoms with Crippen LogP contribution in [0, 0.1) is 5.41 Å². The van der Waals surface area contributed by atoms with E-state index in [0.717, 1.165) is 6.54 Å². The van der Waals surface area contributed by atoms with Gasteiger partial charge in [-0.15, -0.1) is 0 Å². The van der Waals surface area contributed by atoms with E-state index in [9.17, 15) is 4.79 Å². The fourth-order valence-electron chi connectivity index (χ4n) is 1.54. The quantitative estimate of drug-likeness (QED) is 0.712. The van der Waals surface area contributed by atoms with Crippen LogP contribution in [0.3, 0.4) is 0 Å². The first-order valence-corrected chi connectivity index (χ1v) is 5.76. The molecule has 0 heterocycles. The van der Waals surface area contributed by atoms with Crippen molar-refractivity contribution < 1.29 is 9.53 Å². The fraction of sp³-hybridized carbons (Fsp3) is 0.917. The molecule has 16 heavy (non-hydrogen) atoms. The molecule has 0 radical (unpaired) electrons. The monoisotopic (exact) mass is 230 g/mol. The maximum atomic E-state index is 11.4. The number of hydrogen-bond donors (Lipinski definition) is 1. The van der Waals surface area contributed by atoms with Gasteiger partial charge in [-0.05, 0) is 33.4 Å². The Morgan fingerprint density at radius 2 is 1.94 bits per heavy atom. The molecule has 0 aromatic rings. The molecular formula is C12H26N2O2. The van der Waals surface area contributed by atoms with Crippen LogP contribution in [0.1, 0.15) is 27.7 Å². The molecule has 0 aliphatic rings. The Balaban J connectivity index is 3.81. The molecule has 0 fully saturated rings. The Morgan fingerprint density at radius 1 is 1.38 bits per heavy atom. The molecule has 0 aromatic carbocycles. The van der Waals surface area contributed by atoms with Crippen molar-refractivity contribution >= 4 is 5.91 Å². The predicted octanol–water partition coefficient (Wildman–Crippen LogP) is 1.12. The van der Waals surface area contributed by atoms with Crippen molar-refractivity contribution in [3.63, 3.8) is 0 Å². The van der Waals surface area contributed by atoms with Gasteiger partial charge in [0, 0.05) is 13.1 Å². The van der Waals surface area contributed by atoms with Crippen LogP contribution in [0.5, 0.6) is 0 Å². The molecule has 1 N–H and O–H groups in total. The van der Waals surface area contributed by atoms with Crippen molar-refractivity contribution in [3.05, 3.63) is 0 Å². The average molecular weight is 230 g/mol. The van der Waals surface area contributed by atoms with E-state index in [4.69, 9.17) is 4.74 Å². The molecular weight excluding hydrogens is 204 g/mol. The van der Waals surface area contributed by atoms with E-state index in [1.165, 1.54) is 0 Å². The number of rotatable bonds is 7. The molecule has 0 bridgehead atoms. The number of carbonyl (C=O) groups is 1. The van der Waals surface area contributed by atoms with Gasteiger partial charge in [0.25, 0.3) is 0 Å². The SMILES string of the molecule is CC(C)OCC(=O)NCC(C)(C)CN(C)C. The minimum atomic E-state index is -0.0412. The topological polar surface area (TPSA) is 41.6 Å². The fourth-order valence-corrected chi connectivity index (χ4v) is 1.54. The molecule has 4 heteroatoms. The predicted molar refractivity (Wildman–Crippen MR) is 66.4 cm³/mol. The average Bonchev–Trinajstić information content (AvgIpc) is 2.09. The molecule has 0 aromatic heterocycles. The molecule has 4 nitrogen and oxygen atoms in total. The van der Waals surface area contributed by atoms with E-state index >= 15 is 0 Å². The van der Waals surface area contributed by atoms with Crippen LogP contribution in [0.2, 0.25) is 0 Å². The van der Waals surface area contributed by atoms with Gasteiger partial charge in [-0.2, -0.15) is 0 Å². The summed E-state index contributed by atoms with van der Waals surface area (Å²) in [5, 5.41) is 2.89. The van der Waals surface area contributed by atoms with Gasteiger partial charge < -0.3 is 15.0 Å². The van der Waals surface area contributed by atoms with E-state index in [2.05, 4.69) is 24.1 Å². The summed E-state index contributed by atoms with van der Waals surface area (Å²) in [6.07, 6.45) is 0.0977. The maximum Gasteiger partial charge on any atom is 0.246 e. The second kappa shape index (κ2) is 6.86. The van der Waals surface area contributed by atoms with Crippen LogP contribution >= 0.6 is 0 Å². The standard InChI is InChI=1S/C12H26N2O2/c1-10(2)16-7-11(15)13-8-12(3,4)9-14(5)6/h10H,7-9H2,1-6H3,(H,13,15). The summed E-state index contributed by atoms with van der Waals surface area (Å²) in [5.41, 5.74) is 0.0803. The summed E-state index contributed by atoms with van der Waals surface area (Å²) >= 11 is 0. The first-order valence-electron chi connectivity index (χ1n) is 5.76. The smallest absolute Gasteiger partial charge is 0.246 e. The van der Waals surface area contributed by atoms with Crippen molar-refractivity contribution in [2.24, 2.45) is 5.41 Å². The van der Waals surface area contributed by atoms with Gasteiger partial charge in [-0.3, -0.25) is 4.79 Å². The number of ether oxygens (including phenoxy) is 1. The van der Waals surface area contributed by atoms with Gasteiger partial charge in [-0.25, -0.2) is 0 Å². The van der Waals surface area contributed by atoms with Crippen molar-refractivity contribution in [1.82, 2.24) is 10.2 Å². The van der Waals surface area contributed by atoms with E-state index in [1.807, 2.05) is 27.9 Å². The van der Waals surface area contributed by atoms with Crippen LogP contribution in [0.25, 0.3) is 0 Å². The van der Waals surface area contributed by atoms with Crippen LogP contribution in [-0.2, 0) is 9.53 Å². The van der Waals surface area contributed by atoms with Gasteiger partial charge in [0.2, 0.25) is 5.91 Å². The zero-order valence-electron chi connectivity index (χ0n) is 11.5. The van der Waals surface area contributed by atoms with Crippen LogP contribution in [0.15, 0.2) is 0 Å². The minimum Gasteiger partial charge on any atom is -0.369 e. The second-order valence-corrected chi connectivity index (χ2v) is 5.54. The normalized spacial score (nSPS) is 12.2. The van der Waals surface area contributed by atoms with Crippen LogP contribution in [-0.4, -0.2) is 50.7 Å². The van der Waals surface area contributed by atoms with Crippen molar-refractivity contribution in [3.8, 4) is 0 Å². The minimum absolute atomic E-state index is 0.0412. The molecule has 0 aliphatic heterocycles. The van der Waals surface area contributed by atoms with E-state index in [1.54, 1.807) is 0 Å². The Kier molecular flexibility index (Phi) is 6.60. The molecule has 0 unspecified atom stereocenters. The lowest BCUT2D eigenvalue weighted by Gasteiger charge is -2.28. The molecule has 1 amide bonds. The zero-order chi connectivity index (χ0) is 12.8. The first kappa shape index (κ1) is 15.4. The third-order valence-electron chi connectivity index (χ3n) is 2.06. The Bertz CT molecular complexity index is 213. The second-order valence-electron chi connectivity index (χ2n) is 5.54. The van der Waals surface area contributed by atoms with E-state index < -0.39 is 0 Å². The Hall–Kier alpha value is -0.610. The summed E-state index contributed by atoms with van der Waals surface area (Å²) in [5.74, 6) is -0.0412. The number of nitrogens with one attached hydrogen (secondary N) is 1. The lowest BCUT2D eigenvalue weighted by atomic mass is 9.93. The highest BCUT2D eigenvalue weighted by Crippen LogP contribution is 2.13. The Morgan fingerprint density at radius 3 is 2.38 bits per heavy atom. The van der Waals surface area contributed by atoms with Crippen molar-refractivity contribution in [1.29, 1.82) is 0 Å². The molecule has 0 saturated heterocycles. The van der Waals surface area contributed by atoms with Crippen LogP contribution < -0.4 is 5.32 Å². The molecule has 0 saturated carbocycles. The highest BCUT2D eigenvalue weighted by Gasteiger charge is 2.19. The summed E-state index contributed by atoms with van der Waals surface area (Å²) in [6, 6.07) is 0. The summed E-state index contributed by atoms with van der Waals surface area (Å²) < 4.78 is 5.23. The molecule has 0 rings (SSSR count). The molecule has 0 aliphatic carbocycles. The highest BCUT2D eigenvalue weighted by molar-refractivity contribution is 5.77. The van der Waals surface area contributed by atoms with Gasteiger partial charge in [-0.1, -0.05) is 13.8 Å². The third kappa shape index (κ3) is 8.68. The highest BCUT2D eigenvalue weighted by atomic mass is 16.5. The van der Waals surface area contributed by atoms with Gasteiger partial charge >= 0.3 is 0 Å². The molecule has 0 atom stereocenters. The largest absolute Gasteiger partial charge is 0.369 e. The third-order valence-corrected chi connectivity index (χ3v) is 2.06. The van der Waals surface area contributed by atoms with E-state index in [-0.39, 0.29) is 24.0 Å². The van der Waals surface area contributed by atoms with Gasteiger partial charge in [0.05, 0.1) is 6.10 Å². The van der Waals surface area contributed by atoms with Crippen molar-refractivity contribution in [2.75, 3.05) is 33.8 Å². The van der Waals surface area contributed by atoms with Gasteiger partial charge in [0.15, 0.2) is 0 Å². The first-order chi connectivity index (χ1) is 7.23. The number of amides is 1. The molecule has 0 spiro atoms. The lowest BCUT2D eigenvalue weighted by Crippen LogP contribution is -2.41. The molecule has 96 valence electrons. The van der Waals surface area contributed by atoms with Gasteiger partial charge in [0.1, 0.15) is 6.61 Å². The number of nitrogens with zero attached hydrogens (tertiary/aromatic N) is 1. The van der Waals surface area contributed by atoms with Crippen LogP contribution in [0.4, 0.5) is 0 Å².